The van der Waals surface area contributed by atoms with Gasteiger partial charge in [-0.25, -0.2) is 0 Å². The minimum atomic E-state index is -0.581. The molecule has 1 aromatic heterocycles. The molecule has 2 heterocycles. The third kappa shape index (κ3) is 5.91. The molecule has 1 aliphatic rings. The van der Waals surface area contributed by atoms with E-state index in [9.17, 15) is 5.11 Å². The first-order chi connectivity index (χ1) is 17.6. The molecule has 0 spiro atoms. The van der Waals surface area contributed by atoms with Crippen LogP contribution in [0.25, 0.3) is 16.5 Å². The Kier molecular flexibility index (Phi) is 7.88. The fraction of sp³-hybridized carbons (Fsp3) is 0.233. The number of aliphatic hydroxyl groups is 1. The Bertz CT molecular complexity index is 1330. The molecule has 1 atom stereocenters. The minimum absolute atomic E-state index is 0.240. The molecule has 36 heavy (non-hydrogen) atoms. The van der Waals surface area contributed by atoms with E-state index in [0.717, 1.165) is 63.8 Å². The van der Waals surface area contributed by atoms with Crippen molar-refractivity contribution < 1.29 is 9.84 Å². The lowest BCUT2D eigenvalue weighted by Crippen LogP contribution is -2.39. The summed E-state index contributed by atoms with van der Waals surface area (Å²) in [5, 5.41) is 13.1. The van der Waals surface area contributed by atoms with E-state index < -0.39 is 6.10 Å². The number of halogens is 2. The second-order valence-corrected chi connectivity index (χ2v) is 9.96. The second-order valence-electron chi connectivity index (χ2n) is 9.09. The molecule has 4 aromatic rings. The third-order valence-electron chi connectivity index (χ3n) is 6.55. The van der Waals surface area contributed by atoms with Gasteiger partial charge in [-0.05, 0) is 78.1 Å². The smallest absolute Gasteiger partial charge is 0.128 e. The van der Waals surface area contributed by atoms with Gasteiger partial charge in [-0.15, -0.1) is 0 Å². The Morgan fingerprint density at radius 1 is 0.889 bits per heavy atom. The van der Waals surface area contributed by atoms with Crippen LogP contribution in [0.2, 0.25) is 10.0 Å². The largest absolute Gasteiger partial charge is 0.490 e. The summed E-state index contributed by atoms with van der Waals surface area (Å²) < 4.78 is 5.97. The van der Waals surface area contributed by atoms with Crippen molar-refractivity contribution in [1.29, 1.82) is 0 Å². The molecular formula is C30H28Cl2N2O2. The van der Waals surface area contributed by atoms with Crippen LogP contribution in [0.15, 0.2) is 90.6 Å². The molecule has 0 radical (unpaired) electrons. The van der Waals surface area contributed by atoms with Crippen LogP contribution in [0.5, 0.6) is 5.75 Å². The maximum absolute atomic E-state index is 10.7. The number of ether oxygens (including phenoxy) is 1. The monoisotopic (exact) mass is 518 g/mol. The summed E-state index contributed by atoms with van der Waals surface area (Å²) in [5.41, 5.74) is 5.67. The highest BCUT2D eigenvalue weighted by atomic mass is 35.5. The van der Waals surface area contributed by atoms with Crippen LogP contribution in [0.1, 0.15) is 24.0 Å². The maximum atomic E-state index is 10.7. The van der Waals surface area contributed by atoms with Crippen molar-refractivity contribution in [3.05, 3.63) is 112 Å². The lowest BCUT2D eigenvalue weighted by Gasteiger charge is -2.31. The Balaban J connectivity index is 1.25. The normalized spacial score (nSPS) is 15.1. The quantitative estimate of drug-likeness (QED) is 0.289. The summed E-state index contributed by atoms with van der Waals surface area (Å²) in [4.78, 5) is 6.67. The van der Waals surface area contributed by atoms with Gasteiger partial charge in [0.2, 0.25) is 0 Å². The van der Waals surface area contributed by atoms with Crippen molar-refractivity contribution >= 4 is 39.7 Å². The van der Waals surface area contributed by atoms with Gasteiger partial charge in [0.25, 0.3) is 0 Å². The van der Waals surface area contributed by atoms with Crippen molar-refractivity contribution in [1.82, 2.24) is 9.88 Å². The molecular weight excluding hydrogens is 491 g/mol. The Morgan fingerprint density at radius 2 is 1.56 bits per heavy atom. The molecule has 0 amide bonds. The topological polar surface area (TPSA) is 45.6 Å². The number of hydrogen-bond donors (Lipinski definition) is 1. The summed E-state index contributed by atoms with van der Waals surface area (Å²) >= 11 is 12.7. The number of rotatable bonds is 7. The van der Waals surface area contributed by atoms with E-state index in [1.165, 1.54) is 11.1 Å². The standard InChI is InChI=1S/C30H28Cl2N2O2/c31-24-7-1-5-22(17-24)30(23-6-2-8-25(32)18-23)21-12-15-34(16-13-21)19-26(35)20-36-29-11-3-10-28-27(29)9-4-14-33-28/h1-11,14,17-18,26,35H,12-13,15-16,19-20H2. The van der Waals surface area contributed by atoms with Crippen LogP contribution >= 0.6 is 23.2 Å². The zero-order chi connectivity index (χ0) is 24.9. The molecule has 6 heteroatoms. The Labute approximate surface area is 221 Å². The third-order valence-corrected chi connectivity index (χ3v) is 7.02. The molecule has 1 fully saturated rings. The number of benzene rings is 3. The molecule has 4 nitrogen and oxygen atoms in total. The zero-order valence-electron chi connectivity index (χ0n) is 19.9. The van der Waals surface area contributed by atoms with Gasteiger partial charge in [0.05, 0.1) is 5.52 Å². The van der Waals surface area contributed by atoms with Gasteiger partial charge in [0, 0.05) is 41.3 Å². The van der Waals surface area contributed by atoms with E-state index in [1.54, 1.807) is 6.20 Å². The Hall–Kier alpha value is -2.89. The first-order valence-corrected chi connectivity index (χ1v) is 12.9. The van der Waals surface area contributed by atoms with Crippen molar-refractivity contribution in [2.75, 3.05) is 26.2 Å². The van der Waals surface area contributed by atoms with Crippen molar-refractivity contribution in [3.8, 4) is 5.75 Å². The summed E-state index contributed by atoms with van der Waals surface area (Å²) in [6.07, 6.45) is 3.01. The van der Waals surface area contributed by atoms with E-state index in [4.69, 9.17) is 27.9 Å². The summed E-state index contributed by atoms with van der Waals surface area (Å²) in [6.45, 7) is 2.55. The summed E-state index contributed by atoms with van der Waals surface area (Å²) in [6, 6.07) is 25.7. The van der Waals surface area contributed by atoms with Crippen molar-refractivity contribution in [3.63, 3.8) is 0 Å². The van der Waals surface area contributed by atoms with Gasteiger partial charge in [0.15, 0.2) is 0 Å². The fourth-order valence-electron chi connectivity index (χ4n) is 4.86. The molecule has 184 valence electrons. The van der Waals surface area contributed by atoms with Gasteiger partial charge in [0.1, 0.15) is 18.5 Å². The minimum Gasteiger partial charge on any atom is -0.490 e. The lowest BCUT2D eigenvalue weighted by molar-refractivity contribution is 0.0661. The number of β-amino-alcohol motifs (C(OH)–C–C–N with tert-alkyl or cyclic N) is 1. The number of hydrogen-bond acceptors (Lipinski definition) is 4. The average Bonchev–Trinajstić information content (AvgIpc) is 2.89. The predicted molar refractivity (Wildman–Crippen MR) is 148 cm³/mol. The number of pyridine rings is 1. The average molecular weight is 519 g/mol. The van der Waals surface area contributed by atoms with Crippen LogP contribution in [0, 0.1) is 0 Å². The fourth-order valence-corrected chi connectivity index (χ4v) is 5.24. The van der Waals surface area contributed by atoms with Crippen molar-refractivity contribution in [2.24, 2.45) is 0 Å². The summed E-state index contributed by atoms with van der Waals surface area (Å²) in [5.74, 6) is 0.746. The highest BCUT2D eigenvalue weighted by molar-refractivity contribution is 6.31. The van der Waals surface area contributed by atoms with E-state index in [-0.39, 0.29) is 6.61 Å². The van der Waals surface area contributed by atoms with Crippen LogP contribution in [0.4, 0.5) is 0 Å². The molecule has 1 saturated heterocycles. The van der Waals surface area contributed by atoms with Crippen molar-refractivity contribution in [2.45, 2.75) is 18.9 Å². The van der Waals surface area contributed by atoms with E-state index in [0.29, 0.717) is 6.54 Å². The SMILES string of the molecule is OC(COc1cccc2ncccc12)CN1CCC(=C(c2cccc(Cl)c2)c2cccc(Cl)c2)CC1. The molecule has 0 bridgehead atoms. The molecule has 3 aromatic carbocycles. The number of nitrogens with zero attached hydrogens (tertiary/aromatic N) is 2. The second kappa shape index (κ2) is 11.4. The molecule has 5 rings (SSSR count). The van der Waals surface area contributed by atoms with Crippen LogP contribution in [-0.4, -0.2) is 47.3 Å². The van der Waals surface area contributed by atoms with Gasteiger partial charge >= 0.3 is 0 Å². The number of piperidine rings is 1. The van der Waals surface area contributed by atoms with Gasteiger partial charge in [-0.3, -0.25) is 9.88 Å². The van der Waals surface area contributed by atoms with E-state index >= 15 is 0 Å². The maximum Gasteiger partial charge on any atom is 0.128 e. The highest BCUT2D eigenvalue weighted by Crippen LogP contribution is 2.34. The number of aliphatic hydroxyl groups excluding tert-OH is 1. The molecule has 1 unspecified atom stereocenters. The van der Waals surface area contributed by atoms with Gasteiger partial charge in [-0.2, -0.15) is 0 Å². The number of fused-ring (bicyclic) bond motifs is 1. The van der Waals surface area contributed by atoms with Crippen LogP contribution in [0.3, 0.4) is 0 Å². The van der Waals surface area contributed by atoms with E-state index in [2.05, 4.69) is 22.0 Å². The Morgan fingerprint density at radius 3 is 2.22 bits per heavy atom. The molecule has 1 aliphatic heterocycles. The predicted octanol–water partition coefficient (Wildman–Crippen LogP) is 6.88. The first-order valence-electron chi connectivity index (χ1n) is 12.2. The molecule has 1 N–H and O–H groups in total. The zero-order valence-corrected chi connectivity index (χ0v) is 21.4. The first kappa shape index (κ1) is 24.8. The van der Waals surface area contributed by atoms with E-state index in [1.807, 2.05) is 66.7 Å². The van der Waals surface area contributed by atoms with Crippen LogP contribution < -0.4 is 4.74 Å². The summed E-state index contributed by atoms with van der Waals surface area (Å²) in [7, 11) is 0. The van der Waals surface area contributed by atoms with Gasteiger partial charge in [-0.1, -0.05) is 59.1 Å². The number of likely N-dealkylation sites (tertiary alicyclic amines) is 1. The number of aromatic nitrogens is 1. The molecule has 0 aliphatic carbocycles. The lowest BCUT2D eigenvalue weighted by atomic mass is 9.88. The highest BCUT2D eigenvalue weighted by Gasteiger charge is 2.21. The molecule has 0 saturated carbocycles. The van der Waals surface area contributed by atoms with Crippen LogP contribution in [-0.2, 0) is 0 Å². The van der Waals surface area contributed by atoms with Gasteiger partial charge < -0.3 is 9.84 Å².